The molecule has 10 atom stereocenters. The molecule has 0 radical (unpaired) electrons. The molecule has 7 heteroatoms. The maximum atomic E-state index is 13.4. The van der Waals surface area contributed by atoms with Gasteiger partial charge in [-0.25, -0.2) is 0 Å². The molecule has 4 aliphatic carbocycles. The normalized spacial score (nSPS) is 48.3. The van der Waals surface area contributed by atoms with E-state index in [1.54, 1.807) is 7.11 Å². The lowest BCUT2D eigenvalue weighted by Crippen LogP contribution is -2.61. The van der Waals surface area contributed by atoms with Crippen LogP contribution in [0.4, 0.5) is 0 Å². The molecule has 2 heterocycles. The molecule has 7 nitrogen and oxygen atoms in total. The third-order valence-corrected chi connectivity index (χ3v) is 11.0. The van der Waals surface area contributed by atoms with E-state index in [0.717, 1.165) is 31.2 Å². The van der Waals surface area contributed by atoms with Crippen LogP contribution in [0.25, 0.3) is 0 Å². The number of hydrogen-bond donors (Lipinski definition) is 0. The number of methoxy groups -OCH3 is 1. The number of ether oxygens (including phenoxy) is 5. The van der Waals surface area contributed by atoms with Gasteiger partial charge >= 0.3 is 5.97 Å². The van der Waals surface area contributed by atoms with E-state index in [1.165, 1.54) is 0 Å². The average Bonchev–Trinajstić information content (AvgIpc) is 3.60. The van der Waals surface area contributed by atoms with Crippen molar-refractivity contribution in [3.63, 3.8) is 0 Å². The van der Waals surface area contributed by atoms with Crippen molar-refractivity contribution in [3.8, 4) is 0 Å². The summed E-state index contributed by atoms with van der Waals surface area (Å²) in [5.74, 6) is -0.136. The second kappa shape index (κ2) is 8.10. The van der Waals surface area contributed by atoms with E-state index in [2.05, 4.69) is 6.92 Å². The molecule has 1 aromatic rings. The van der Waals surface area contributed by atoms with Gasteiger partial charge in [-0.15, -0.1) is 0 Å². The van der Waals surface area contributed by atoms with E-state index in [4.69, 9.17) is 23.7 Å². The molecule has 6 fully saturated rings. The number of Topliss-reactive ketones (excluding diaryl/α,β-unsaturated/α-hetero) is 1. The van der Waals surface area contributed by atoms with Crippen molar-refractivity contribution in [1.82, 2.24) is 0 Å². The first kappa shape index (κ1) is 23.3. The van der Waals surface area contributed by atoms with Gasteiger partial charge in [0, 0.05) is 42.6 Å². The number of ketones is 1. The van der Waals surface area contributed by atoms with Gasteiger partial charge in [-0.05, 0) is 43.1 Å². The van der Waals surface area contributed by atoms with Gasteiger partial charge in [-0.1, -0.05) is 37.3 Å². The molecule has 36 heavy (non-hydrogen) atoms. The molecule has 0 aromatic heterocycles. The highest BCUT2D eigenvalue weighted by Crippen LogP contribution is 2.75. The number of rotatable bonds is 6. The minimum Gasteiger partial charge on any atom is -0.465 e. The summed E-state index contributed by atoms with van der Waals surface area (Å²) < 4.78 is 31.2. The van der Waals surface area contributed by atoms with Crippen molar-refractivity contribution in [3.05, 3.63) is 35.9 Å². The summed E-state index contributed by atoms with van der Waals surface area (Å²) in [5, 5.41) is 0. The Kier molecular flexibility index (Phi) is 5.25. The monoisotopic (exact) mass is 496 g/mol. The molecular formula is C29H36O7. The lowest BCUT2D eigenvalue weighted by atomic mass is 9.44. The first-order valence-corrected chi connectivity index (χ1v) is 13.6. The van der Waals surface area contributed by atoms with Crippen LogP contribution in [0.2, 0.25) is 0 Å². The smallest absolute Gasteiger partial charge is 0.310 e. The summed E-state index contributed by atoms with van der Waals surface area (Å²) in [6, 6.07) is 10.1. The fourth-order valence-electron chi connectivity index (χ4n) is 9.73. The minimum absolute atomic E-state index is 0.0453. The highest BCUT2D eigenvalue weighted by Gasteiger charge is 2.81. The zero-order chi connectivity index (χ0) is 24.7. The van der Waals surface area contributed by atoms with Crippen molar-refractivity contribution in [2.75, 3.05) is 20.5 Å². The summed E-state index contributed by atoms with van der Waals surface area (Å²) in [6.07, 6.45) is 4.38. The minimum atomic E-state index is -0.698. The molecule has 4 saturated carbocycles. The summed E-state index contributed by atoms with van der Waals surface area (Å²) in [7, 11) is 1.76. The number of cyclic esters (lactones) is 1. The van der Waals surface area contributed by atoms with E-state index in [0.29, 0.717) is 31.8 Å². The zero-order valence-corrected chi connectivity index (χ0v) is 21.1. The van der Waals surface area contributed by atoms with Gasteiger partial charge in [0.1, 0.15) is 12.6 Å². The van der Waals surface area contributed by atoms with Crippen LogP contribution in [0, 0.1) is 40.4 Å². The van der Waals surface area contributed by atoms with E-state index in [1.807, 2.05) is 30.3 Å². The summed E-state index contributed by atoms with van der Waals surface area (Å²) in [5.41, 5.74) is 0.451. The molecule has 7 rings (SSSR count). The molecule has 1 spiro atoms. The summed E-state index contributed by atoms with van der Waals surface area (Å²) in [6.45, 7) is 3.45. The number of carbonyl (C=O) groups excluding carboxylic acids is 2. The third kappa shape index (κ3) is 2.94. The summed E-state index contributed by atoms with van der Waals surface area (Å²) >= 11 is 0. The molecule has 0 amide bonds. The van der Waals surface area contributed by atoms with Crippen molar-refractivity contribution in [1.29, 1.82) is 0 Å². The Balaban J connectivity index is 1.16. The quantitative estimate of drug-likeness (QED) is 0.336. The van der Waals surface area contributed by atoms with E-state index >= 15 is 0 Å². The maximum absolute atomic E-state index is 13.4. The molecule has 1 aromatic carbocycles. The fourth-order valence-corrected chi connectivity index (χ4v) is 9.73. The average molecular weight is 497 g/mol. The third-order valence-electron chi connectivity index (χ3n) is 11.0. The number of carbonyl (C=O) groups is 2. The van der Waals surface area contributed by atoms with Crippen LogP contribution in [-0.2, 0) is 39.9 Å². The van der Waals surface area contributed by atoms with Crippen molar-refractivity contribution in [2.24, 2.45) is 40.4 Å². The molecular weight excluding hydrogens is 460 g/mol. The van der Waals surface area contributed by atoms with Crippen LogP contribution >= 0.6 is 0 Å². The maximum Gasteiger partial charge on any atom is 0.310 e. The Morgan fingerprint density at radius 1 is 1.08 bits per heavy atom. The number of esters is 1. The first-order chi connectivity index (χ1) is 17.4. The molecule has 0 N–H and O–H groups in total. The molecule has 2 aliphatic heterocycles. The Hall–Kier alpha value is -1.80. The van der Waals surface area contributed by atoms with Gasteiger partial charge in [0.15, 0.2) is 5.79 Å². The second-order valence-corrected chi connectivity index (χ2v) is 12.3. The van der Waals surface area contributed by atoms with Crippen molar-refractivity contribution in [2.45, 2.75) is 70.1 Å². The predicted molar refractivity (Wildman–Crippen MR) is 127 cm³/mol. The van der Waals surface area contributed by atoms with Crippen LogP contribution in [-0.4, -0.2) is 50.3 Å². The van der Waals surface area contributed by atoms with Crippen LogP contribution in [0.15, 0.2) is 30.3 Å². The molecule has 1 unspecified atom stereocenters. The van der Waals surface area contributed by atoms with Gasteiger partial charge in [0.25, 0.3) is 0 Å². The lowest BCUT2D eigenvalue weighted by molar-refractivity contribution is -0.266. The van der Waals surface area contributed by atoms with Gasteiger partial charge in [-0.2, -0.15) is 0 Å². The molecule has 2 saturated heterocycles. The van der Waals surface area contributed by atoms with Gasteiger partial charge < -0.3 is 23.7 Å². The Bertz CT molecular complexity index is 1060. The standard InChI is InChI=1S/C29H36O7/c1-27-23(13-18-10-20(30)8-9-28(18)15-34-26(31)25(27)28)36-29(32-2)19-11-21(24(27)29)22(12-19)35-16-33-14-17-6-4-3-5-7-17/h3-7,18-19,21-25H,8-16H2,1-2H3/t18-,19+,21-,22?,23-,24-,25+,27+,28-,29-/m1/s1. The zero-order valence-electron chi connectivity index (χ0n) is 21.1. The van der Waals surface area contributed by atoms with Crippen LogP contribution in [0.3, 0.4) is 0 Å². The first-order valence-electron chi connectivity index (χ1n) is 13.6. The van der Waals surface area contributed by atoms with Crippen LogP contribution < -0.4 is 0 Å². The van der Waals surface area contributed by atoms with Crippen LogP contribution in [0.1, 0.15) is 51.0 Å². The molecule has 6 aliphatic rings. The van der Waals surface area contributed by atoms with E-state index < -0.39 is 11.2 Å². The Morgan fingerprint density at radius 3 is 2.72 bits per heavy atom. The van der Waals surface area contributed by atoms with Gasteiger partial charge in [-0.3, -0.25) is 9.59 Å². The number of benzene rings is 1. The van der Waals surface area contributed by atoms with E-state index in [-0.39, 0.29) is 60.0 Å². The second-order valence-electron chi connectivity index (χ2n) is 12.3. The topological polar surface area (TPSA) is 80.3 Å². The van der Waals surface area contributed by atoms with Crippen molar-refractivity contribution >= 4 is 11.8 Å². The molecule has 2 bridgehead atoms. The highest BCUT2D eigenvalue weighted by molar-refractivity contribution is 5.82. The van der Waals surface area contributed by atoms with Crippen molar-refractivity contribution < 1.29 is 33.3 Å². The largest absolute Gasteiger partial charge is 0.465 e. The SMILES string of the molecule is CO[C@]12O[C@@H]3C[C@H]4CC(=O)CC[C@@]45COC(=O)[C@H]5[C@]3(C)[C@H]1[C@@H]1C[C@H]2CC1OCOCc1ccccc1. The Labute approximate surface area is 212 Å². The number of hydrogen-bond acceptors (Lipinski definition) is 7. The van der Waals surface area contributed by atoms with Gasteiger partial charge in [0.05, 0.1) is 31.3 Å². The van der Waals surface area contributed by atoms with Crippen LogP contribution in [0.5, 0.6) is 0 Å². The highest BCUT2D eigenvalue weighted by atomic mass is 16.7. The number of fused-ring (bicyclic) bond motifs is 8. The summed E-state index contributed by atoms with van der Waals surface area (Å²) in [4.78, 5) is 25.9. The lowest BCUT2D eigenvalue weighted by Gasteiger charge is -2.56. The predicted octanol–water partition coefficient (Wildman–Crippen LogP) is 3.88. The van der Waals surface area contributed by atoms with E-state index in [9.17, 15) is 9.59 Å². The fraction of sp³-hybridized carbons (Fsp3) is 0.724. The van der Waals surface area contributed by atoms with Gasteiger partial charge in [0.2, 0.25) is 0 Å². The Morgan fingerprint density at radius 2 is 1.92 bits per heavy atom. The molecule has 194 valence electrons.